The molecule has 0 aliphatic heterocycles. The van der Waals surface area contributed by atoms with Gasteiger partial charge in [-0.1, -0.05) is 48.5 Å². The first kappa shape index (κ1) is 13.1. The molecular weight excluding hydrogens is 238 g/mol. The summed E-state index contributed by atoms with van der Waals surface area (Å²) >= 11 is 0. The van der Waals surface area contributed by atoms with E-state index in [1.807, 2.05) is 60.7 Å². The van der Waals surface area contributed by atoms with Crippen molar-refractivity contribution in [1.29, 1.82) is 5.26 Å². The average Bonchev–Trinajstić information content (AvgIpc) is 2.49. The maximum absolute atomic E-state index is 9.18. The molecule has 0 bridgehead atoms. The number of hydrogen-bond acceptors (Lipinski definition) is 3. The highest BCUT2D eigenvalue weighted by Crippen LogP contribution is 2.25. The number of nitrogens with zero attached hydrogens (tertiary/aromatic N) is 1. The Morgan fingerprint density at radius 3 is 2.05 bits per heavy atom. The summed E-state index contributed by atoms with van der Waals surface area (Å²) in [5.74, 6) is 0.716. The molecule has 0 radical (unpaired) electrons. The van der Waals surface area contributed by atoms with Gasteiger partial charge in [0.05, 0.1) is 6.07 Å². The molecule has 0 amide bonds. The molecule has 2 aromatic carbocycles. The Hall–Kier alpha value is -2.31. The van der Waals surface area contributed by atoms with Crippen LogP contribution in [0.25, 0.3) is 0 Å². The van der Waals surface area contributed by atoms with E-state index in [1.54, 1.807) is 0 Å². The highest BCUT2D eigenvalue weighted by atomic mass is 16.5. The smallest absolute Gasteiger partial charge is 0.184 e. The molecular formula is C16H15NO2. The third-order valence-corrected chi connectivity index (χ3v) is 2.79. The molecule has 96 valence electrons. The minimum absolute atomic E-state index is 0.446. The topological polar surface area (TPSA) is 42.2 Å². The van der Waals surface area contributed by atoms with Crippen molar-refractivity contribution in [3.63, 3.8) is 0 Å². The highest BCUT2D eigenvalue weighted by molar-refractivity contribution is 5.26. The maximum atomic E-state index is 9.18. The summed E-state index contributed by atoms with van der Waals surface area (Å²) < 4.78 is 11.1. The lowest BCUT2D eigenvalue weighted by Crippen LogP contribution is -2.24. The Morgan fingerprint density at radius 1 is 0.947 bits per heavy atom. The summed E-state index contributed by atoms with van der Waals surface area (Å²) in [4.78, 5) is 0. The Morgan fingerprint density at radius 2 is 1.53 bits per heavy atom. The van der Waals surface area contributed by atoms with Gasteiger partial charge in [-0.15, -0.1) is 0 Å². The molecule has 2 atom stereocenters. The van der Waals surface area contributed by atoms with Crippen LogP contribution in [0.1, 0.15) is 11.7 Å². The van der Waals surface area contributed by atoms with E-state index in [0.717, 1.165) is 5.56 Å². The van der Waals surface area contributed by atoms with Gasteiger partial charge in [-0.05, 0) is 17.7 Å². The van der Waals surface area contributed by atoms with Crippen molar-refractivity contribution in [1.82, 2.24) is 0 Å². The van der Waals surface area contributed by atoms with Crippen molar-refractivity contribution in [2.24, 2.45) is 0 Å². The molecule has 0 spiro atoms. The fraction of sp³-hybridized carbons (Fsp3) is 0.188. The second-order valence-corrected chi connectivity index (χ2v) is 4.05. The summed E-state index contributed by atoms with van der Waals surface area (Å²) in [6.45, 7) is 0. The van der Waals surface area contributed by atoms with Gasteiger partial charge in [0, 0.05) is 7.11 Å². The number of hydrogen-bond donors (Lipinski definition) is 0. The van der Waals surface area contributed by atoms with Crippen LogP contribution in [0, 0.1) is 11.3 Å². The molecule has 3 heteroatoms. The van der Waals surface area contributed by atoms with Crippen LogP contribution < -0.4 is 4.74 Å². The summed E-state index contributed by atoms with van der Waals surface area (Å²) in [7, 11) is 1.51. The molecule has 2 aromatic rings. The Kier molecular flexibility index (Phi) is 4.54. The van der Waals surface area contributed by atoms with E-state index in [9.17, 15) is 5.26 Å². The molecule has 2 rings (SSSR count). The van der Waals surface area contributed by atoms with Crippen LogP contribution in [0.4, 0.5) is 0 Å². The molecule has 0 heterocycles. The van der Waals surface area contributed by atoms with Crippen LogP contribution in [0.3, 0.4) is 0 Å². The number of rotatable bonds is 5. The SMILES string of the molecule is CO[C@@H](C#N)[C@@H](Oc1ccccc1)c1ccccc1. The van der Waals surface area contributed by atoms with E-state index < -0.39 is 12.2 Å². The predicted octanol–water partition coefficient (Wildman–Crippen LogP) is 3.35. The van der Waals surface area contributed by atoms with Crippen molar-refractivity contribution in [2.75, 3.05) is 7.11 Å². The van der Waals surface area contributed by atoms with Crippen molar-refractivity contribution < 1.29 is 9.47 Å². The van der Waals surface area contributed by atoms with E-state index in [4.69, 9.17) is 9.47 Å². The third kappa shape index (κ3) is 3.34. The fourth-order valence-electron chi connectivity index (χ4n) is 1.84. The van der Waals surface area contributed by atoms with Crippen LogP contribution in [0.5, 0.6) is 5.75 Å². The first-order valence-corrected chi connectivity index (χ1v) is 6.04. The molecule has 0 saturated heterocycles. The maximum Gasteiger partial charge on any atom is 0.184 e. The van der Waals surface area contributed by atoms with E-state index in [-0.39, 0.29) is 0 Å². The average molecular weight is 253 g/mol. The molecule has 0 aliphatic rings. The zero-order valence-electron chi connectivity index (χ0n) is 10.7. The van der Waals surface area contributed by atoms with Gasteiger partial charge in [-0.2, -0.15) is 5.26 Å². The largest absolute Gasteiger partial charge is 0.482 e. The fourth-order valence-corrected chi connectivity index (χ4v) is 1.84. The van der Waals surface area contributed by atoms with Crippen LogP contribution in [-0.2, 0) is 4.74 Å². The van der Waals surface area contributed by atoms with Crippen molar-refractivity contribution in [3.8, 4) is 11.8 Å². The second-order valence-electron chi connectivity index (χ2n) is 4.05. The third-order valence-electron chi connectivity index (χ3n) is 2.79. The monoisotopic (exact) mass is 253 g/mol. The van der Waals surface area contributed by atoms with Gasteiger partial charge in [0.25, 0.3) is 0 Å². The second kappa shape index (κ2) is 6.58. The lowest BCUT2D eigenvalue weighted by Gasteiger charge is -2.22. The Balaban J connectivity index is 2.28. The zero-order chi connectivity index (χ0) is 13.5. The summed E-state index contributed by atoms with van der Waals surface area (Å²) in [5, 5.41) is 9.18. The first-order valence-electron chi connectivity index (χ1n) is 6.04. The first-order chi connectivity index (χ1) is 9.35. The summed E-state index contributed by atoms with van der Waals surface area (Å²) in [6, 6.07) is 21.2. The van der Waals surface area contributed by atoms with Gasteiger partial charge in [-0.25, -0.2) is 0 Å². The lowest BCUT2D eigenvalue weighted by atomic mass is 10.0. The molecule has 3 nitrogen and oxygen atoms in total. The lowest BCUT2D eigenvalue weighted by molar-refractivity contribution is 0.0356. The van der Waals surface area contributed by atoms with E-state index in [2.05, 4.69) is 6.07 Å². The van der Waals surface area contributed by atoms with Gasteiger partial charge in [0.2, 0.25) is 0 Å². The molecule has 0 aromatic heterocycles. The van der Waals surface area contributed by atoms with Gasteiger partial charge in [0.15, 0.2) is 12.2 Å². The van der Waals surface area contributed by atoms with Crippen molar-refractivity contribution in [3.05, 3.63) is 66.2 Å². The number of benzene rings is 2. The Bertz CT molecular complexity index is 534. The van der Waals surface area contributed by atoms with Gasteiger partial charge >= 0.3 is 0 Å². The van der Waals surface area contributed by atoms with Crippen LogP contribution in [0.2, 0.25) is 0 Å². The number of nitriles is 1. The quantitative estimate of drug-likeness (QED) is 0.820. The summed E-state index contributed by atoms with van der Waals surface area (Å²) in [6.07, 6.45) is -1.10. The normalized spacial score (nSPS) is 13.3. The summed E-state index contributed by atoms with van der Waals surface area (Å²) in [5.41, 5.74) is 0.916. The van der Waals surface area contributed by atoms with Crippen LogP contribution in [0.15, 0.2) is 60.7 Å². The minimum atomic E-state index is -0.650. The highest BCUT2D eigenvalue weighted by Gasteiger charge is 2.24. The van der Waals surface area contributed by atoms with Gasteiger partial charge in [-0.3, -0.25) is 0 Å². The molecule has 0 aliphatic carbocycles. The van der Waals surface area contributed by atoms with Gasteiger partial charge < -0.3 is 9.47 Å². The van der Waals surface area contributed by atoms with Crippen molar-refractivity contribution >= 4 is 0 Å². The standard InChI is InChI=1S/C16H15NO2/c1-18-15(12-17)16(13-8-4-2-5-9-13)19-14-10-6-3-7-11-14/h2-11,15-16H,1H3/t15-,16-/m0/s1. The number of methoxy groups -OCH3 is 1. The van der Waals surface area contributed by atoms with Crippen molar-refractivity contribution in [2.45, 2.75) is 12.2 Å². The van der Waals surface area contributed by atoms with Gasteiger partial charge in [0.1, 0.15) is 5.75 Å². The van der Waals surface area contributed by atoms with E-state index in [0.29, 0.717) is 5.75 Å². The molecule has 0 saturated carbocycles. The molecule has 19 heavy (non-hydrogen) atoms. The number of ether oxygens (including phenoxy) is 2. The van der Waals surface area contributed by atoms with Crippen LogP contribution >= 0.6 is 0 Å². The van der Waals surface area contributed by atoms with E-state index in [1.165, 1.54) is 7.11 Å². The number of para-hydroxylation sites is 1. The Labute approximate surface area is 113 Å². The zero-order valence-corrected chi connectivity index (χ0v) is 10.7. The molecule has 0 unspecified atom stereocenters. The van der Waals surface area contributed by atoms with E-state index >= 15 is 0 Å². The predicted molar refractivity (Wildman–Crippen MR) is 72.7 cm³/mol. The minimum Gasteiger partial charge on any atom is -0.482 e. The molecule has 0 fully saturated rings. The van der Waals surface area contributed by atoms with Crippen LogP contribution in [-0.4, -0.2) is 13.2 Å². The molecule has 0 N–H and O–H groups in total.